The molecular formula is C13H22O4. The zero-order valence-corrected chi connectivity index (χ0v) is 10.7. The zero-order chi connectivity index (χ0) is 12.3. The average molecular weight is 242 g/mol. The van der Waals surface area contributed by atoms with Gasteiger partial charge in [0.2, 0.25) is 0 Å². The van der Waals surface area contributed by atoms with E-state index in [-0.39, 0.29) is 17.9 Å². The van der Waals surface area contributed by atoms with Crippen molar-refractivity contribution in [2.45, 2.75) is 57.8 Å². The Morgan fingerprint density at radius 1 is 1.29 bits per heavy atom. The summed E-state index contributed by atoms with van der Waals surface area (Å²) in [6, 6.07) is 0. The molecule has 0 atom stereocenters. The molecule has 0 N–H and O–H groups in total. The van der Waals surface area contributed by atoms with Crippen LogP contribution >= 0.6 is 0 Å². The maximum atomic E-state index is 11.5. The van der Waals surface area contributed by atoms with Crippen molar-refractivity contribution < 1.29 is 19.0 Å². The van der Waals surface area contributed by atoms with E-state index in [1.54, 1.807) is 0 Å². The molecule has 1 aliphatic carbocycles. The number of hydrogen-bond donors (Lipinski definition) is 0. The molecule has 0 unspecified atom stereocenters. The van der Waals surface area contributed by atoms with Crippen LogP contribution in [0.4, 0.5) is 0 Å². The molecule has 0 aromatic carbocycles. The smallest absolute Gasteiger partial charge is 0.306 e. The molecule has 4 nitrogen and oxygen atoms in total. The largest absolute Gasteiger partial charge is 0.463 e. The van der Waals surface area contributed by atoms with E-state index in [0.717, 1.165) is 25.7 Å². The number of rotatable bonds is 3. The van der Waals surface area contributed by atoms with Gasteiger partial charge in [-0.15, -0.1) is 0 Å². The van der Waals surface area contributed by atoms with Crippen molar-refractivity contribution in [2.24, 2.45) is 5.92 Å². The second kappa shape index (κ2) is 5.36. The quantitative estimate of drug-likeness (QED) is 0.712. The summed E-state index contributed by atoms with van der Waals surface area (Å²) in [7, 11) is 0. The van der Waals surface area contributed by atoms with Crippen LogP contribution in [0.2, 0.25) is 0 Å². The normalized spacial score (nSPS) is 24.4. The van der Waals surface area contributed by atoms with E-state index in [9.17, 15) is 4.79 Å². The Hall–Kier alpha value is -0.610. The number of carbonyl (C=O) groups is 1. The highest BCUT2D eigenvalue weighted by Gasteiger charge is 2.40. The van der Waals surface area contributed by atoms with Crippen LogP contribution in [0, 0.1) is 5.92 Å². The van der Waals surface area contributed by atoms with Crippen molar-refractivity contribution in [3.63, 3.8) is 0 Å². The summed E-state index contributed by atoms with van der Waals surface area (Å²) >= 11 is 0. The van der Waals surface area contributed by atoms with E-state index in [1.807, 2.05) is 13.8 Å². The summed E-state index contributed by atoms with van der Waals surface area (Å²) < 4.78 is 16.5. The van der Waals surface area contributed by atoms with E-state index < -0.39 is 0 Å². The number of esters is 1. The third kappa shape index (κ3) is 3.42. The molecule has 0 radical (unpaired) electrons. The highest BCUT2D eigenvalue weighted by molar-refractivity contribution is 5.69. The molecule has 0 aromatic heterocycles. The van der Waals surface area contributed by atoms with Crippen LogP contribution in [-0.4, -0.2) is 31.1 Å². The van der Waals surface area contributed by atoms with Gasteiger partial charge in [0.1, 0.15) is 0 Å². The Morgan fingerprint density at radius 2 is 1.88 bits per heavy atom. The predicted octanol–water partition coefficient (Wildman–Crippen LogP) is 2.26. The second-order valence-corrected chi connectivity index (χ2v) is 5.29. The third-order valence-electron chi connectivity index (χ3n) is 3.50. The molecule has 17 heavy (non-hydrogen) atoms. The van der Waals surface area contributed by atoms with E-state index in [0.29, 0.717) is 25.6 Å². The summed E-state index contributed by atoms with van der Waals surface area (Å²) in [5.74, 6) is 0.0345. The lowest BCUT2D eigenvalue weighted by Crippen LogP contribution is -2.35. The van der Waals surface area contributed by atoms with Crippen molar-refractivity contribution in [2.75, 3.05) is 13.2 Å². The Morgan fingerprint density at radius 3 is 2.41 bits per heavy atom. The zero-order valence-electron chi connectivity index (χ0n) is 10.7. The summed E-state index contributed by atoms with van der Waals surface area (Å²) in [6.45, 7) is 5.18. The monoisotopic (exact) mass is 242 g/mol. The standard InChI is InChI=1S/C13H22O4/c1-10(2)17-12(14)9-11-3-5-13(6-4-11)15-7-8-16-13/h10-11H,3-9H2,1-2H3. The minimum absolute atomic E-state index is 0.0149. The van der Waals surface area contributed by atoms with Crippen LogP contribution in [0.15, 0.2) is 0 Å². The van der Waals surface area contributed by atoms with Crippen molar-refractivity contribution in [3.05, 3.63) is 0 Å². The average Bonchev–Trinajstić information content (AvgIpc) is 2.69. The van der Waals surface area contributed by atoms with Gasteiger partial charge in [-0.25, -0.2) is 0 Å². The third-order valence-corrected chi connectivity index (χ3v) is 3.50. The summed E-state index contributed by atoms with van der Waals surface area (Å²) in [5.41, 5.74) is 0. The molecule has 1 aliphatic heterocycles. The van der Waals surface area contributed by atoms with Gasteiger partial charge in [0.05, 0.1) is 19.3 Å². The summed E-state index contributed by atoms with van der Waals surface area (Å²) in [6.07, 6.45) is 4.33. The second-order valence-electron chi connectivity index (χ2n) is 5.29. The van der Waals surface area contributed by atoms with Crippen LogP contribution in [0.1, 0.15) is 46.0 Å². The SMILES string of the molecule is CC(C)OC(=O)CC1CCC2(CC1)OCCO2. The van der Waals surface area contributed by atoms with Crippen LogP contribution in [0.25, 0.3) is 0 Å². The number of carbonyl (C=O) groups excluding carboxylic acids is 1. The summed E-state index contributed by atoms with van der Waals surface area (Å²) in [4.78, 5) is 11.5. The summed E-state index contributed by atoms with van der Waals surface area (Å²) in [5, 5.41) is 0. The molecule has 1 spiro atoms. The van der Waals surface area contributed by atoms with Crippen LogP contribution in [0.5, 0.6) is 0 Å². The maximum absolute atomic E-state index is 11.5. The molecule has 98 valence electrons. The Labute approximate surface area is 103 Å². The molecule has 1 heterocycles. The van der Waals surface area contributed by atoms with E-state index >= 15 is 0 Å². The van der Waals surface area contributed by atoms with E-state index in [1.165, 1.54) is 0 Å². The maximum Gasteiger partial charge on any atom is 0.306 e. The molecule has 1 saturated heterocycles. The van der Waals surface area contributed by atoms with Crippen LogP contribution in [-0.2, 0) is 19.0 Å². The lowest BCUT2D eigenvalue weighted by atomic mass is 9.83. The Kier molecular flexibility index (Phi) is 4.05. The highest BCUT2D eigenvalue weighted by Crippen LogP contribution is 2.39. The molecule has 4 heteroatoms. The van der Waals surface area contributed by atoms with Gasteiger partial charge in [-0.3, -0.25) is 4.79 Å². The van der Waals surface area contributed by atoms with Gasteiger partial charge in [-0.2, -0.15) is 0 Å². The lowest BCUT2D eigenvalue weighted by Gasteiger charge is -2.35. The van der Waals surface area contributed by atoms with Gasteiger partial charge in [0, 0.05) is 19.3 Å². The van der Waals surface area contributed by atoms with Crippen LogP contribution < -0.4 is 0 Å². The van der Waals surface area contributed by atoms with Crippen molar-refractivity contribution in [1.29, 1.82) is 0 Å². The fraction of sp³-hybridized carbons (Fsp3) is 0.923. The molecule has 0 aromatic rings. The highest BCUT2D eigenvalue weighted by atomic mass is 16.7. The molecule has 0 amide bonds. The number of ether oxygens (including phenoxy) is 3. The fourth-order valence-electron chi connectivity index (χ4n) is 2.65. The topological polar surface area (TPSA) is 44.8 Å². The molecule has 1 saturated carbocycles. The van der Waals surface area contributed by atoms with Crippen molar-refractivity contribution in [1.82, 2.24) is 0 Å². The Bertz CT molecular complexity index is 259. The van der Waals surface area contributed by atoms with E-state index in [4.69, 9.17) is 14.2 Å². The number of hydrogen-bond acceptors (Lipinski definition) is 4. The minimum Gasteiger partial charge on any atom is -0.463 e. The molecule has 2 fully saturated rings. The molecule has 2 aliphatic rings. The minimum atomic E-state index is -0.321. The fourth-order valence-corrected chi connectivity index (χ4v) is 2.65. The molecular weight excluding hydrogens is 220 g/mol. The van der Waals surface area contributed by atoms with Crippen LogP contribution in [0.3, 0.4) is 0 Å². The first-order valence-corrected chi connectivity index (χ1v) is 6.57. The first-order chi connectivity index (χ1) is 8.10. The van der Waals surface area contributed by atoms with Crippen molar-refractivity contribution >= 4 is 5.97 Å². The van der Waals surface area contributed by atoms with Gasteiger partial charge in [0.15, 0.2) is 5.79 Å². The van der Waals surface area contributed by atoms with Gasteiger partial charge >= 0.3 is 5.97 Å². The molecule has 2 rings (SSSR count). The Balaban J connectivity index is 1.73. The first-order valence-electron chi connectivity index (χ1n) is 6.57. The van der Waals surface area contributed by atoms with E-state index in [2.05, 4.69) is 0 Å². The predicted molar refractivity (Wildman–Crippen MR) is 62.4 cm³/mol. The molecule has 0 bridgehead atoms. The van der Waals surface area contributed by atoms with Gasteiger partial charge in [0.25, 0.3) is 0 Å². The van der Waals surface area contributed by atoms with Gasteiger partial charge < -0.3 is 14.2 Å². The lowest BCUT2D eigenvalue weighted by molar-refractivity contribution is -0.184. The van der Waals surface area contributed by atoms with Gasteiger partial charge in [-0.05, 0) is 32.6 Å². The first kappa shape index (κ1) is 12.8. The van der Waals surface area contributed by atoms with Crippen molar-refractivity contribution in [3.8, 4) is 0 Å². The van der Waals surface area contributed by atoms with Gasteiger partial charge in [-0.1, -0.05) is 0 Å².